The second kappa shape index (κ2) is 9.02. The highest BCUT2D eigenvalue weighted by molar-refractivity contribution is 5.86. The van der Waals surface area contributed by atoms with Crippen LogP contribution in [0, 0.1) is 11.2 Å². The molecule has 0 spiro atoms. The van der Waals surface area contributed by atoms with Crippen LogP contribution in [0.4, 0.5) is 4.39 Å². The molecule has 0 bridgehead atoms. The normalized spacial score (nSPS) is 12.4. The first-order valence-corrected chi connectivity index (χ1v) is 11.0. The van der Waals surface area contributed by atoms with Crippen molar-refractivity contribution in [1.82, 2.24) is 15.1 Å². The summed E-state index contributed by atoms with van der Waals surface area (Å²) in [6, 6.07) is 22.5. The summed E-state index contributed by atoms with van der Waals surface area (Å²) in [5.74, 6) is -0.487. The number of nitrogens with one attached hydrogen (secondary N) is 1. The van der Waals surface area contributed by atoms with Gasteiger partial charge in [0.2, 0.25) is 5.91 Å². The maximum absolute atomic E-state index is 13.4. The van der Waals surface area contributed by atoms with Crippen molar-refractivity contribution in [2.45, 2.75) is 33.6 Å². The monoisotopic (exact) mass is 441 g/mol. The number of amides is 1. The van der Waals surface area contributed by atoms with Gasteiger partial charge in [0.1, 0.15) is 5.82 Å². The average molecular weight is 442 g/mol. The van der Waals surface area contributed by atoms with Gasteiger partial charge in [-0.05, 0) is 61.4 Å². The molecule has 4 aromatic rings. The van der Waals surface area contributed by atoms with Gasteiger partial charge in [-0.1, -0.05) is 55.8 Å². The number of nitrogens with zero attached hydrogens (tertiary/aromatic N) is 2. The SMILES string of the molecule is CC(C)=CNC(=O)C(C)(C)C(c1ccccc1)c1ccc2c(cnn2-c2ccc(F)cc2)c1. The number of benzene rings is 3. The van der Waals surface area contributed by atoms with E-state index in [2.05, 4.69) is 34.7 Å². The van der Waals surface area contributed by atoms with Gasteiger partial charge >= 0.3 is 0 Å². The highest BCUT2D eigenvalue weighted by Crippen LogP contribution is 2.42. The molecule has 0 radical (unpaired) electrons. The van der Waals surface area contributed by atoms with Crippen molar-refractivity contribution in [3.63, 3.8) is 0 Å². The summed E-state index contributed by atoms with van der Waals surface area (Å²) >= 11 is 0. The lowest BCUT2D eigenvalue weighted by Gasteiger charge is -2.34. The fourth-order valence-electron chi connectivity index (χ4n) is 4.22. The number of rotatable bonds is 6. The first-order chi connectivity index (χ1) is 15.8. The van der Waals surface area contributed by atoms with Gasteiger partial charge in [0.05, 0.1) is 22.8 Å². The lowest BCUT2D eigenvalue weighted by Crippen LogP contribution is -2.39. The van der Waals surface area contributed by atoms with E-state index in [1.807, 2.05) is 52.0 Å². The predicted molar refractivity (Wildman–Crippen MR) is 131 cm³/mol. The van der Waals surface area contributed by atoms with Gasteiger partial charge in [-0.3, -0.25) is 4.79 Å². The molecule has 1 amide bonds. The average Bonchev–Trinajstić information content (AvgIpc) is 3.22. The van der Waals surface area contributed by atoms with Crippen molar-refractivity contribution in [3.8, 4) is 5.69 Å². The van der Waals surface area contributed by atoms with E-state index < -0.39 is 5.41 Å². The van der Waals surface area contributed by atoms with Crippen LogP contribution in [0.5, 0.6) is 0 Å². The van der Waals surface area contributed by atoms with E-state index in [0.717, 1.165) is 33.3 Å². The van der Waals surface area contributed by atoms with E-state index in [0.29, 0.717) is 0 Å². The van der Waals surface area contributed by atoms with Gasteiger partial charge in [-0.15, -0.1) is 0 Å². The summed E-state index contributed by atoms with van der Waals surface area (Å²) in [6.45, 7) is 7.86. The Hall–Kier alpha value is -3.73. The summed E-state index contributed by atoms with van der Waals surface area (Å²) in [5, 5.41) is 8.44. The van der Waals surface area contributed by atoms with Crippen LogP contribution in [0.2, 0.25) is 0 Å². The highest BCUT2D eigenvalue weighted by Gasteiger charge is 2.38. The van der Waals surface area contributed by atoms with Crippen LogP contribution in [-0.4, -0.2) is 15.7 Å². The molecule has 3 aromatic carbocycles. The molecule has 1 heterocycles. The molecule has 33 heavy (non-hydrogen) atoms. The fourth-order valence-corrected chi connectivity index (χ4v) is 4.22. The zero-order valence-electron chi connectivity index (χ0n) is 19.3. The first-order valence-electron chi connectivity index (χ1n) is 11.0. The largest absolute Gasteiger partial charge is 0.332 e. The highest BCUT2D eigenvalue weighted by atomic mass is 19.1. The number of allylic oxidation sites excluding steroid dienone is 1. The molecule has 0 fully saturated rings. The van der Waals surface area contributed by atoms with E-state index in [-0.39, 0.29) is 17.6 Å². The van der Waals surface area contributed by atoms with Crippen LogP contribution < -0.4 is 5.32 Å². The van der Waals surface area contributed by atoms with Crippen molar-refractivity contribution in [3.05, 3.63) is 108 Å². The number of hydrogen-bond acceptors (Lipinski definition) is 2. The second-order valence-electron chi connectivity index (χ2n) is 9.11. The summed E-state index contributed by atoms with van der Waals surface area (Å²) in [4.78, 5) is 13.2. The molecule has 1 atom stereocenters. The maximum atomic E-state index is 13.4. The van der Waals surface area contributed by atoms with Crippen molar-refractivity contribution in [2.75, 3.05) is 0 Å². The van der Waals surface area contributed by atoms with Gasteiger partial charge < -0.3 is 5.32 Å². The van der Waals surface area contributed by atoms with E-state index in [4.69, 9.17) is 0 Å². The number of halogens is 1. The third kappa shape index (κ3) is 4.58. The molecule has 0 aliphatic carbocycles. The molecule has 0 aliphatic rings. The fraction of sp³-hybridized carbons (Fsp3) is 0.214. The predicted octanol–water partition coefficient (Wildman–Crippen LogP) is 6.36. The number of carbonyl (C=O) groups is 1. The summed E-state index contributed by atoms with van der Waals surface area (Å²) in [6.07, 6.45) is 3.56. The molecular weight excluding hydrogens is 413 g/mol. The van der Waals surface area contributed by atoms with E-state index in [1.54, 1.807) is 29.2 Å². The molecule has 5 heteroatoms. The van der Waals surface area contributed by atoms with Crippen LogP contribution in [0.25, 0.3) is 16.6 Å². The molecular formula is C28H28FN3O. The Morgan fingerprint density at radius 1 is 1.00 bits per heavy atom. The Labute approximate surface area is 193 Å². The lowest BCUT2D eigenvalue weighted by molar-refractivity contribution is -0.129. The second-order valence-corrected chi connectivity index (χ2v) is 9.11. The van der Waals surface area contributed by atoms with Crippen LogP contribution in [0.1, 0.15) is 44.7 Å². The van der Waals surface area contributed by atoms with Gasteiger partial charge in [-0.25, -0.2) is 9.07 Å². The third-order valence-electron chi connectivity index (χ3n) is 5.93. The maximum Gasteiger partial charge on any atom is 0.230 e. The Balaban J connectivity index is 1.79. The van der Waals surface area contributed by atoms with Crippen LogP contribution in [0.15, 0.2) is 90.8 Å². The molecule has 0 saturated carbocycles. The van der Waals surface area contributed by atoms with Gasteiger partial charge in [0.15, 0.2) is 0 Å². The van der Waals surface area contributed by atoms with Crippen molar-refractivity contribution in [2.24, 2.45) is 5.41 Å². The Morgan fingerprint density at radius 3 is 2.36 bits per heavy atom. The molecule has 1 aromatic heterocycles. The number of fused-ring (bicyclic) bond motifs is 1. The topological polar surface area (TPSA) is 46.9 Å². The summed E-state index contributed by atoms with van der Waals surface area (Å²) in [7, 11) is 0. The molecule has 1 N–H and O–H groups in total. The third-order valence-corrected chi connectivity index (χ3v) is 5.93. The lowest BCUT2D eigenvalue weighted by atomic mass is 9.70. The first kappa shape index (κ1) is 22.5. The molecule has 168 valence electrons. The number of carbonyl (C=O) groups excluding carboxylic acids is 1. The minimum absolute atomic E-state index is 0.0420. The number of aromatic nitrogens is 2. The summed E-state index contributed by atoms with van der Waals surface area (Å²) < 4.78 is 15.1. The minimum Gasteiger partial charge on any atom is -0.332 e. The van der Waals surface area contributed by atoms with Crippen LogP contribution in [0.3, 0.4) is 0 Å². The molecule has 0 aliphatic heterocycles. The molecule has 1 unspecified atom stereocenters. The zero-order chi connectivity index (χ0) is 23.6. The smallest absolute Gasteiger partial charge is 0.230 e. The molecule has 0 saturated heterocycles. The van der Waals surface area contributed by atoms with Gasteiger partial charge in [0, 0.05) is 17.5 Å². The minimum atomic E-state index is -0.714. The van der Waals surface area contributed by atoms with Crippen molar-refractivity contribution in [1.29, 1.82) is 0 Å². The number of hydrogen-bond donors (Lipinski definition) is 1. The quantitative estimate of drug-likeness (QED) is 0.378. The van der Waals surface area contributed by atoms with E-state index >= 15 is 0 Å². The standard InChI is InChI=1S/C28H28FN3O/c1-19(2)17-30-27(33)28(3,4)26(20-8-6-5-7-9-20)21-10-15-25-22(16-21)18-31-32(25)24-13-11-23(29)12-14-24/h5-18,26H,1-4H3,(H,30,33). The van der Waals surface area contributed by atoms with Crippen molar-refractivity contribution >= 4 is 16.8 Å². The van der Waals surface area contributed by atoms with Gasteiger partial charge in [-0.2, -0.15) is 5.10 Å². The van der Waals surface area contributed by atoms with Crippen LogP contribution in [-0.2, 0) is 4.79 Å². The van der Waals surface area contributed by atoms with E-state index in [9.17, 15) is 9.18 Å². The van der Waals surface area contributed by atoms with Crippen LogP contribution >= 0.6 is 0 Å². The van der Waals surface area contributed by atoms with Gasteiger partial charge in [0.25, 0.3) is 0 Å². The van der Waals surface area contributed by atoms with E-state index in [1.165, 1.54) is 12.1 Å². The molecule has 4 nitrogen and oxygen atoms in total. The molecule has 4 rings (SSSR count). The van der Waals surface area contributed by atoms with Crippen molar-refractivity contribution < 1.29 is 9.18 Å². The Bertz CT molecular complexity index is 1300. The Kier molecular flexibility index (Phi) is 6.14. The Morgan fingerprint density at radius 2 is 1.70 bits per heavy atom. The summed E-state index contributed by atoms with van der Waals surface area (Å²) in [5.41, 5.74) is 4.13. The zero-order valence-corrected chi connectivity index (χ0v) is 19.3.